The first-order valence-corrected chi connectivity index (χ1v) is 7.24. The third-order valence-corrected chi connectivity index (χ3v) is 4.09. The summed E-state index contributed by atoms with van der Waals surface area (Å²) in [6.07, 6.45) is 1.82. The van der Waals surface area contributed by atoms with E-state index in [0.717, 1.165) is 34.8 Å². The predicted molar refractivity (Wildman–Crippen MR) is 82.6 cm³/mol. The molecule has 0 unspecified atom stereocenters. The van der Waals surface area contributed by atoms with Gasteiger partial charge in [-0.05, 0) is 53.4 Å². The topological polar surface area (TPSA) is 36.3 Å². The molecule has 0 aliphatic heterocycles. The van der Waals surface area contributed by atoms with Crippen molar-refractivity contribution in [1.82, 2.24) is 9.55 Å². The molecule has 0 aliphatic rings. The SMILES string of the molecule is COc1cc(CCc2c(Br)nc(C)n2C)cc(OC)c1. The molecular weight excluding hydrogens is 320 g/mol. The number of hydrogen-bond donors (Lipinski definition) is 0. The smallest absolute Gasteiger partial charge is 0.127 e. The number of imidazole rings is 1. The Morgan fingerprint density at radius 2 is 1.70 bits per heavy atom. The second kappa shape index (κ2) is 6.31. The summed E-state index contributed by atoms with van der Waals surface area (Å²) >= 11 is 3.52. The number of halogens is 1. The van der Waals surface area contributed by atoms with E-state index in [-0.39, 0.29) is 0 Å². The van der Waals surface area contributed by atoms with Crippen molar-refractivity contribution in [3.8, 4) is 11.5 Å². The summed E-state index contributed by atoms with van der Waals surface area (Å²) in [6, 6.07) is 5.97. The standard InChI is InChI=1S/C15H19BrN2O2/c1-10-17-15(16)14(18(10)2)6-5-11-7-12(19-3)9-13(8-11)20-4/h7-9H,5-6H2,1-4H3. The first-order chi connectivity index (χ1) is 9.55. The van der Waals surface area contributed by atoms with Gasteiger partial charge in [-0.3, -0.25) is 0 Å². The second-order valence-electron chi connectivity index (χ2n) is 4.68. The number of rotatable bonds is 5. The summed E-state index contributed by atoms with van der Waals surface area (Å²) < 4.78 is 13.6. The molecule has 20 heavy (non-hydrogen) atoms. The van der Waals surface area contributed by atoms with Crippen LogP contribution < -0.4 is 9.47 Å². The zero-order valence-electron chi connectivity index (χ0n) is 12.2. The molecule has 5 heteroatoms. The fraction of sp³-hybridized carbons (Fsp3) is 0.400. The molecule has 1 heterocycles. The molecule has 1 aromatic heterocycles. The summed E-state index contributed by atoms with van der Waals surface area (Å²) in [4.78, 5) is 4.42. The molecule has 2 rings (SSSR count). The molecule has 0 atom stereocenters. The number of aromatic nitrogens is 2. The lowest BCUT2D eigenvalue weighted by molar-refractivity contribution is 0.393. The van der Waals surface area contributed by atoms with Crippen LogP contribution in [0, 0.1) is 6.92 Å². The molecule has 0 radical (unpaired) electrons. The largest absolute Gasteiger partial charge is 0.497 e. The van der Waals surface area contributed by atoms with Gasteiger partial charge in [0.25, 0.3) is 0 Å². The Labute approximate surface area is 127 Å². The van der Waals surface area contributed by atoms with Crippen LogP contribution in [-0.4, -0.2) is 23.8 Å². The van der Waals surface area contributed by atoms with Gasteiger partial charge in [-0.25, -0.2) is 4.98 Å². The molecule has 0 N–H and O–H groups in total. The molecule has 0 saturated heterocycles. The highest BCUT2D eigenvalue weighted by molar-refractivity contribution is 9.10. The van der Waals surface area contributed by atoms with Gasteiger partial charge in [0, 0.05) is 13.1 Å². The van der Waals surface area contributed by atoms with Crippen LogP contribution in [0.4, 0.5) is 0 Å². The predicted octanol–water partition coefficient (Wildman–Crippen LogP) is 3.29. The lowest BCUT2D eigenvalue weighted by Crippen LogP contribution is -2.01. The van der Waals surface area contributed by atoms with Gasteiger partial charge in [0.05, 0.1) is 19.9 Å². The third-order valence-electron chi connectivity index (χ3n) is 3.45. The van der Waals surface area contributed by atoms with Crippen molar-refractivity contribution in [3.63, 3.8) is 0 Å². The number of aryl methyl sites for hydroxylation is 2. The van der Waals surface area contributed by atoms with E-state index in [2.05, 4.69) is 25.5 Å². The molecule has 2 aromatic rings. The molecule has 0 fully saturated rings. The number of nitrogens with zero attached hydrogens (tertiary/aromatic N) is 2. The van der Waals surface area contributed by atoms with Crippen LogP contribution in [-0.2, 0) is 19.9 Å². The fourth-order valence-corrected chi connectivity index (χ4v) is 2.88. The Kier molecular flexibility index (Phi) is 4.70. The van der Waals surface area contributed by atoms with Crippen molar-refractivity contribution in [2.45, 2.75) is 19.8 Å². The third kappa shape index (κ3) is 3.15. The van der Waals surface area contributed by atoms with Gasteiger partial charge in [-0.1, -0.05) is 0 Å². The van der Waals surface area contributed by atoms with E-state index in [1.165, 1.54) is 11.3 Å². The Morgan fingerprint density at radius 3 is 2.15 bits per heavy atom. The molecule has 108 valence electrons. The molecule has 0 spiro atoms. The van der Waals surface area contributed by atoms with Crippen molar-refractivity contribution in [3.05, 3.63) is 39.9 Å². The van der Waals surface area contributed by atoms with Gasteiger partial charge in [0.1, 0.15) is 21.9 Å². The van der Waals surface area contributed by atoms with Crippen molar-refractivity contribution in [2.24, 2.45) is 7.05 Å². The monoisotopic (exact) mass is 338 g/mol. The van der Waals surface area contributed by atoms with Crippen LogP contribution in [0.5, 0.6) is 11.5 Å². The lowest BCUT2D eigenvalue weighted by atomic mass is 10.1. The minimum atomic E-state index is 0.819. The Hall–Kier alpha value is -1.49. The highest BCUT2D eigenvalue weighted by Gasteiger charge is 2.10. The Balaban J connectivity index is 2.18. The minimum absolute atomic E-state index is 0.819. The molecule has 1 aromatic carbocycles. The Morgan fingerprint density at radius 1 is 1.10 bits per heavy atom. The van der Waals surface area contributed by atoms with Gasteiger partial charge in [-0.2, -0.15) is 0 Å². The number of methoxy groups -OCH3 is 2. The number of benzene rings is 1. The molecule has 0 amide bonds. The van der Waals surface area contributed by atoms with Crippen molar-refractivity contribution in [1.29, 1.82) is 0 Å². The summed E-state index contributed by atoms with van der Waals surface area (Å²) in [5.41, 5.74) is 2.39. The number of ether oxygens (including phenoxy) is 2. The first kappa shape index (κ1) is 14.9. The van der Waals surface area contributed by atoms with E-state index in [4.69, 9.17) is 9.47 Å². The molecule has 0 bridgehead atoms. The van der Waals surface area contributed by atoms with Crippen LogP contribution >= 0.6 is 15.9 Å². The Bertz CT molecular complexity index is 586. The van der Waals surface area contributed by atoms with E-state index < -0.39 is 0 Å². The van der Waals surface area contributed by atoms with Gasteiger partial charge < -0.3 is 14.0 Å². The highest BCUT2D eigenvalue weighted by atomic mass is 79.9. The number of hydrogen-bond acceptors (Lipinski definition) is 3. The molecular formula is C15H19BrN2O2. The average Bonchev–Trinajstić information content (AvgIpc) is 2.69. The summed E-state index contributed by atoms with van der Waals surface area (Å²) in [5, 5.41) is 0. The second-order valence-corrected chi connectivity index (χ2v) is 5.43. The average molecular weight is 339 g/mol. The van der Waals surface area contributed by atoms with E-state index >= 15 is 0 Å². The molecule has 0 saturated carbocycles. The lowest BCUT2D eigenvalue weighted by Gasteiger charge is -2.09. The van der Waals surface area contributed by atoms with Gasteiger partial charge in [0.15, 0.2) is 0 Å². The van der Waals surface area contributed by atoms with Crippen molar-refractivity contribution in [2.75, 3.05) is 14.2 Å². The molecule has 4 nitrogen and oxygen atoms in total. The maximum atomic E-state index is 5.29. The highest BCUT2D eigenvalue weighted by Crippen LogP contribution is 2.24. The van der Waals surface area contributed by atoms with E-state index in [1.807, 2.05) is 32.2 Å². The van der Waals surface area contributed by atoms with Gasteiger partial charge in [-0.15, -0.1) is 0 Å². The maximum absolute atomic E-state index is 5.29. The zero-order valence-corrected chi connectivity index (χ0v) is 13.8. The zero-order chi connectivity index (χ0) is 14.7. The minimum Gasteiger partial charge on any atom is -0.497 e. The first-order valence-electron chi connectivity index (χ1n) is 6.44. The van der Waals surface area contributed by atoms with Crippen molar-refractivity contribution < 1.29 is 9.47 Å². The fourth-order valence-electron chi connectivity index (χ4n) is 2.16. The van der Waals surface area contributed by atoms with Gasteiger partial charge >= 0.3 is 0 Å². The van der Waals surface area contributed by atoms with Crippen LogP contribution in [0.25, 0.3) is 0 Å². The summed E-state index contributed by atoms with van der Waals surface area (Å²) in [5.74, 6) is 2.65. The quantitative estimate of drug-likeness (QED) is 0.839. The van der Waals surface area contributed by atoms with Gasteiger partial charge in [0.2, 0.25) is 0 Å². The summed E-state index contributed by atoms with van der Waals surface area (Å²) in [6.45, 7) is 2.00. The van der Waals surface area contributed by atoms with E-state index in [9.17, 15) is 0 Å². The van der Waals surface area contributed by atoms with Crippen LogP contribution in [0.1, 0.15) is 17.1 Å². The molecule has 0 aliphatic carbocycles. The van der Waals surface area contributed by atoms with Crippen LogP contribution in [0.15, 0.2) is 22.8 Å². The van der Waals surface area contributed by atoms with E-state index in [0.29, 0.717) is 0 Å². The van der Waals surface area contributed by atoms with Crippen LogP contribution in [0.2, 0.25) is 0 Å². The van der Waals surface area contributed by atoms with Crippen molar-refractivity contribution >= 4 is 15.9 Å². The van der Waals surface area contributed by atoms with E-state index in [1.54, 1.807) is 14.2 Å². The van der Waals surface area contributed by atoms with Crippen LogP contribution in [0.3, 0.4) is 0 Å². The normalized spacial score (nSPS) is 10.7. The maximum Gasteiger partial charge on any atom is 0.127 e. The summed E-state index contributed by atoms with van der Waals surface area (Å²) in [7, 11) is 5.37.